The minimum absolute atomic E-state index is 0.0472. The SMILES string of the molecule is CS(=O)(=O)C1CCCC(C2(C(=O)O)CCCC2)C1. The van der Waals surface area contributed by atoms with Crippen LogP contribution in [0.4, 0.5) is 0 Å². The smallest absolute Gasteiger partial charge is 0.309 e. The Bertz CT molecular complexity index is 420. The Morgan fingerprint density at radius 3 is 2.28 bits per heavy atom. The number of rotatable bonds is 3. The summed E-state index contributed by atoms with van der Waals surface area (Å²) in [5, 5.41) is 9.23. The summed E-state index contributed by atoms with van der Waals surface area (Å²) in [4.78, 5) is 11.6. The van der Waals surface area contributed by atoms with E-state index in [9.17, 15) is 18.3 Å². The van der Waals surface area contributed by atoms with E-state index in [2.05, 4.69) is 0 Å². The van der Waals surface area contributed by atoms with Crippen LogP contribution in [0.2, 0.25) is 0 Å². The highest BCUT2D eigenvalue weighted by Crippen LogP contribution is 2.50. The van der Waals surface area contributed by atoms with Crippen molar-refractivity contribution in [3.63, 3.8) is 0 Å². The molecule has 2 rings (SSSR count). The molecule has 0 amide bonds. The summed E-state index contributed by atoms with van der Waals surface area (Å²) in [5.41, 5.74) is -0.636. The molecule has 2 aliphatic rings. The maximum atomic E-state index is 11.7. The summed E-state index contributed by atoms with van der Waals surface area (Å²) in [6.45, 7) is 0. The molecule has 2 atom stereocenters. The molecule has 0 aromatic carbocycles. The van der Waals surface area contributed by atoms with E-state index in [1.54, 1.807) is 0 Å². The van der Waals surface area contributed by atoms with Crippen molar-refractivity contribution in [2.75, 3.05) is 6.26 Å². The van der Waals surface area contributed by atoms with Crippen LogP contribution in [0.5, 0.6) is 0 Å². The molecule has 2 fully saturated rings. The summed E-state index contributed by atoms with van der Waals surface area (Å²) >= 11 is 0. The maximum absolute atomic E-state index is 11.7. The highest BCUT2D eigenvalue weighted by Gasteiger charge is 2.49. The first-order valence-electron chi connectivity index (χ1n) is 6.78. The van der Waals surface area contributed by atoms with Gasteiger partial charge in [0, 0.05) is 6.26 Å². The average Bonchev–Trinajstić information content (AvgIpc) is 2.78. The summed E-state index contributed by atoms with van der Waals surface area (Å²) in [6, 6.07) is 0. The molecule has 1 N–H and O–H groups in total. The first kappa shape index (κ1) is 13.8. The lowest BCUT2D eigenvalue weighted by molar-refractivity contribution is -0.153. The molecule has 0 aromatic rings. The van der Waals surface area contributed by atoms with Gasteiger partial charge in [0.1, 0.15) is 9.84 Å². The van der Waals surface area contributed by atoms with Gasteiger partial charge in [-0.1, -0.05) is 19.3 Å². The van der Waals surface area contributed by atoms with E-state index in [1.807, 2.05) is 0 Å². The Kier molecular flexibility index (Phi) is 3.72. The molecule has 0 heterocycles. The second kappa shape index (κ2) is 4.83. The van der Waals surface area contributed by atoms with Crippen molar-refractivity contribution < 1.29 is 18.3 Å². The molecule has 0 aliphatic heterocycles. The third-order valence-corrected chi connectivity index (χ3v) is 6.57. The van der Waals surface area contributed by atoms with Crippen LogP contribution in [0.15, 0.2) is 0 Å². The predicted molar refractivity (Wildman–Crippen MR) is 69.1 cm³/mol. The van der Waals surface area contributed by atoms with Crippen molar-refractivity contribution >= 4 is 15.8 Å². The molecular weight excluding hydrogens is 252 g/mol. The van der Waals surface area contributed by atoms with E-state index in [1.165, 1.54) is 6.26 Å². The molecule has 2 unspecified atom stereocenters. The van der Waals surface area contributed by atoms with Crippen molar-refractivity contribution in [2.45, 2.75) is 56.6 Å². The van der Waals surface area contributed by atoms with Crippen molar-refractivity contribution in [3.05, 3.63) is 0 Å². The normalized spacial score (nSPS) is 32.3. The van der Waals surface area contributed by atoms with Gasteiger partial charge in [-0.15, -0.1) is 0 Å². The highest BCUT2D eigenvalue weighted by molar-refractivity contribution is 7.91. The zero-order valence-electron chi connectivity index (χ0n) is 10.9. The minimum atomic E-state index is -3.03. The maximum Gasteiger partial charge on any atom is 0.309 e. The van der Waals surface area contributed by atoms with Gasteiger partial charge < -0.3 is 5.11 Å². The van der Waals surface area contributed by atoms with Gasteiger partial charge in [-0.25, -0.2) is 8.42 Å². The molecule has 4 nitrogen and oxygen atoms in total. The van der Waals surface area contributed by atoms with Gasteiger partial charge in [0.2, 0.25) is 0 Å². The van der Waals surface area contributed by atoms with Gasteiger partial charge in [-0.3, -0.25) is 4.79 Å². The Labute approximate surface area is 109 Å². The van der Waals surface area contributed by atoms with Crippen LogP contribution in [0, 0.1) is 11.3 Å². The van der Waals surface area contributed by atoms with Gasteiger partial charge >= 0.3 is 5.97 Å². The number of hydrogen-bond donors (Lipinski definition) is 1. The van der Waals surface area contributed by atoms with Crippen LogP contribution in [-0.4, -0.2) is 31.0 Å². The second-order valence-electron chi connectivity index (χ2n) is 5.98. The first-order chi connectivity index (χ1) is 8.36. The van der Waals surface area contributed by atoms with Crippen LogP contribution in [-0.2, 0) is 14.6 Å². The minimum Gasteiger partial charge on any atom is -0.481 e. The molecule has 0 saturated heterocycles. The van der Waals surface area contributed by atoms with E-state index in [0.29, 0.717) is 12.8 Å². The quantitative estimate of drug-likeness (QED) is 0.856. The van der Waals surface area contributed by atoms with E-state index < -0.39 is 21.2 Å². The fourth-order valence-electron chi connectivity index (χ4n) is 3.84. The Morgan fingerprint density at radius 2 is 1.78 bits per heavy atom. The van der Waals surface area contributed by atoms with Crippen LogP contribution < -0.4 is 0 Å². The third kappa shape index (κ3) is 2.42. The average molecular weight is 274 g/mol. The summed E-state index contributed by atoms with van der Waals surface area (Å²) in [6.07, 6.45) is 7.62. The molecule has 2 saturated carbocycles. The van der Waals surface area contributed by atoms with Crippen LogP contribution >= 0.6 is 0 Å². The largest absolute Gasteiger partial charge is 0.481 e. The fraction of sp³-hybridized carbons (Fsp3) is 0.923. The number of carboxylic acids is 1. The number of hydrogen-bond acceptors (Lipinski definition) is 3. The van der Waals surface area contributed by atoms with Crippen LogP contribution in [0.3, 0.4) is 0 Å². The molecular formula is C13H22O4S. The van der Waals surface area contributed by atoms with Crippen LogP contribution in [0.1, 0.15) is 51.4 Å². The number of aliphatic carboxylic acids is 1. The monoisotopic (exact) mass is 274 g/mol. The van der Waals surface area contributed by atoms with Gasteiger partial charge in [-0.05, 0) is 38.0 Å². The molecule has 5 heteroatoms. The predicted octanol–water partition coefficient (Wildman–Crippen LogP) is 2.23. The van der Waals surface area contributed by atoms with Gasteiger partial charge in [0.25, 0.3) is 0 Å². The van der Waals surface area contributed by atoms with Crippen LogP contribution in [0.25, 0.3) is 0 Å². The lowest BCUT2D eigenvalue weighted by Gasteiger charge is -2.38. The first-order valence-corrected chi connectivity index (χ1v) is 8.74. The lowest BCUT2D eigenvalue weighted by atomic mass is 9.67. The lowest BCUT2D eigenvalue weighted by Crippen LogP contribution is -2.41. The number of carboxylic acid groups (broad SMARTS) is 1. The molecule has 2 aliphatic carbocycles. The second-order valence-corrected chi connectivity index (χ2v) is 8.31. The van der Waals surface area contributed by atoms with Crippen molar-refractivity contribution in [1.82, 2.24) is 0 Å². The third-order valence-electron chi connectivity index (χ3n) is 4.93. The van der Waals surface area contributed by atoms with E-state index in [0.717, 1.165) is 38.5 Å². The summed E-state index contributed by atoms with van der Waals surface area (Å²) in [7, 11) is -3.03. The topological polar surface area (TPSA) is 71.4 Å². The highest BCUT2D eigenvalue weighted by atomic mass is 32.2. The molecule has 18 heavy (non-hydrogen) atoms. The van der Waals surface area contributed by atoms with E-state index in [4.69, 9.17) is 0 Å². The van der Waals surface area contributed by atoms with E-state index in [-0.39, 0.29) is 11.2 Å². The molecule has 0 bridgehead atoms. The van der Waals surface area contributed by atoms with E-state index >= 15 is 0 Å². The molecule has 0 spiro atoms. The number of carbonyl (C=O) groups is 1. The van der Waals surface area contributed by atoms with Gasteiger partial charge in [0.05, 0.1) is 10.7 Å². The summed E-state index contributed by atoms with van der Waals surface area (Å²) < 4.78 is 23.3. The Hall–Kier alpha value is -0.580. The fourth-order valence-corrected chi connectivity index (χ4v) is 5.02. The van der Waals surface area contributed by atoms with Gasteiger partial charge in [-0.2, -0.15) is 0 Å². The number of sulfone groups is 1. The van der Waals surface area contributed by atoms with Gasteiger partial charge in [0.15, 0.2) is 0 Å². The zero-order chi connectivity index (χ0) is 13.4. The van der Waals surface area contributed by atoms with Crippen molar-refractivity contribution in [2.24, 2.45) is 11.3 Å². The van der Waals surface area contributed by atoms with Crippen molar-refractivity contribution in [3.8, 4) is 0 Å². The van der Waals surface area contributed by atoms with Crippen molar-refractivity contribution in [1.29, 1.82) is 0 Å². The standard InChI is InChI=1S/C13H22O4S/c1-18(16,17)11-6-4-5-10(9-11)13(12(14)15)7-2-3-8-13/h10-11H,2-9H2,1H3,(H,14,15). The molecule has 0 aromatic heterocycles. The Balaban J connectivity index is 2.19. The molecule has 104 valence electrons. The molecule has 0 radical (unpaired) electrons. The summed E-state index contributed by atoms with van der Waals surface area (Å²) in [5.74, 6) is -0.662. The zero-order valence-corrected chi connectivity index (χ0v) is 11.7. The Morgan fingerprint density at radius 1 is 1.17 bits per heavy atom.